The highest BCUT2D eigenvalue weighted by Gasteiger charge is 2.14. The van der Waals surface area contributed by atoms with Gasteiger partial charge in [0, 0.05) is 18.1 Å². The van der Waals surface area contributed by atoms with E-state index in [1.807, 2.05) is 29.8 Å². The fourth-order valence-corrected chi connectivity index (χ4v) is 2.95. The minimum Gasteiger partial charge on any atom is -0.437 e. The first-order chi connectivity index (χ1) is 10.3. The van der Waals surface area contributed by atoms with E-state index in [4.69, 9.17) is 4.74 Å². The summed E-state index contributed by atoms with van der Waals surface area (Å²) in [7, 11) is 0. The van der Waals surface area contributed by atoms with E-state index in [2.05, 4.69) is 34.6 Å². The van der Waals surface area contributed by atoms with Gasteiger partial charge >= 0.3 is 0 Å². The number of hydrogen-bond donors (Lipinski definition) is 1. The molecule has 4 nitrogen and oxygen atoms in total. The molecule has 1 N–H and O–H groups in total. The summed E-state index contributed by atoms with van der Waals surface area (Å²) >= 11 is 1.62. The largest absolute Gasteiger partial charge is 0.437 e. The van der Waals surface area contributed by atoms with E-state index in [9.17, 15) is 0 Å². The van der Waals surface area contributed by atoms with Crippen LogP contribution in [0.1, 0.15) is 24.6 Å². The summed E-state index contributed by atoms with van der Waals surface area (Å²) in [6.07, 6.45) is 3.15. The van der Waals surface area contributed by atoms with Crippen molar-refractivity contribution in [3.8, 4) is 11.6 Å². The first-order valence-electron chi connectivity index (χ1n) is 7.17. The topological polar surface area (TPSA) is 38.6 Å². The summed E-state index contributed by atoms with van der Waals surface area (Å²) in [5.74, 6) is 1.52. The van der Waals surface area contributed by atoms with Crippen molar-refractivity contribution in [1.82, 2.24) is 14.7 Å². The average Bonchev–Trinajstić information content (AvgIpc) is 3.02. The van der Waals surface area contributed by atoms with E-state index in [0.29, 0.717) is 5.88 Å². The lowest BCUT2D eigenvalue weighted by Crippen LogP contribution is -2.15. The lowest BCUT2D eigenvalue weighted by Gasteiger charge is -2.07. The van der Waals surface area contributed by atoms with Crippen LogP contribution in [-0.2, 0) is 6.54 Å². The highest BCUT2D eigenvalue weighted by molar-refractivity contribution is 7.15. The standard InChI is InChI=1S/C16H19N3OS/c1-3-7-17-11-14-15(18-16-19(14)8-9-21-16)20-13-6-4-5-12(2)10-13/h4-6,8-10,17H,3,7,11H2,1-2H3. The third kappa shape index (κ3) is 3.09. The predicted molar refractivity (Wildman–Crippen MR) is 86.3 cm³/mol. The number of aromatic nitrogens is 2. The molecule has 0 fully saturated rings. The Balaban J connectivity index is 1.89. The smallest absolute Gasteiger partial charge is 0.243 e. The molecule has 21 heavy (non-hydrogen) atoms. The van der Waals surface area contributed by atoms with E-state index in [-0.39, 0.29) is 0 Å². The molecule has 110 valence electrons. The summed E-state index contributed by atoms with van der Waals surface area (Å²) in [4.78, 5) is 5.56. The number of rotatable bonds is 6. The molecule has 2 aromatic heterocycles. The fourth-order valence-electron chi connectivity index (χ4n) is 2.23. The van der Waals surface area contributed by atoms with Crippen LogP contribution < -0.4 is 10.1 Å². The summed E-state index contributed by atoms with van der Waals surface area (Å²) < 4.78 is 8.09. The summed E-state index contributed by atoms with van der Waals surface area (Å²) in [5, 5.41) is 5.46. The number of aryl methyl sites for hydroxylation is 1. The van der Waals surface area contributed by atoms with Gasteiger partial charge in [-0.05, 0) is 37.6 Å². The van der Waals surface area contributed by atoms with Gasteiger partial charge in [0.2, 0.25) is 5.88 Å². The highest BCUT2D eigenvalue weighted by Crippen LogP contribution is 2.28. The van der Waals surface area contributed by atoms with Crippen LogP contribution >= 0.6 is 11.3 Å². The zero-order valence-electron chi connectivity index (χ0n) is 12.3. The summed E-state index contributed by atoms with van der Waals surface area (Å²) in [5.41, 5.74) is 2.25. The maximum absolute atomic E-state index is 6.00. The molecule has 0 spiro atoms. The third-order valence-corrected chi connectivity index (χ3v) is 4.00. The number of imidazole rings is 1. The molecule has 0 atom stereocenters. The second-order valence-electron chi connectivity index (χ2n) is 5.01. The van der Waals surface area contributed by atoms with Crippen molar-refractivity contribution in [2.75, 3.05) is 6.54 Å². The number of ether oxygens (including phenoxy) is 1. The molecule has 1 aromatic carbocycles. The Hall–Kier alpha value is -1.85. The molecule has 0 radical (unpaired) electrons. The Kier molecular flexibility index (Phi) is 4.22. The van der Waals surface area contributed by atoms with Gasteiger partial charge in [0.05, 0.1) is 0 Å². The van der Waals surface area contributed by atoms with Crippen LogP contribution in [0, 0.1) is 6.92 Å². The van der Waals surface area contributed by atoms with Gasteiger partial charge in [-0.2, -0.15) is 4.98 Å². The fraction of sp³-hybridized carbons (Fsp3) is 0.312. The number of nitrogens with zero attached hydrogens (tertiary/aromatic N) is 2. The van der Waals surface area contributed by atoms with Crippen molar-refractivity contribution < 1.29 is 4.74 Å². The maximum atomic E-state index is 6.00. The van der Waals surface area contributed by atoms with E-state index in [1.165, 1.54) is 5.56 Å². The Morgan fingerprint density at radius 1 is 1.38 bits per heavy atom. The van der Waals surface area contributed by atoms with Gasteiger partial charge < -0.3 is 10.1 Å². The van der Waals surface area contributed by atoms with E-state index >= 15 is 0 Å². The average molecular weight is 301 g/mol. The lowest BCUT2D eigenvalue weighted by molar-refractivity contribution is 0.455. The van der Waals surface area contributed by atoms with Crippen molar-refractivity contribution >= 4 is 16.3 Å². The number of nitrogens with one attached hydrogen (secondary N) is 1. The Morgan fingerprint density at radius 3 is 3.10 bits per heavy atom. The molecule has 0 bridgehead atoms. The molecule has 5 heteroatoms. The molecule has 0 aliphatic rings. The monoisotopic (exact) mass is 301 g/mol. The molecular weight excluding hydrogens is 282 g/mol. The summed E-state index contributed by atoms with van der Waals surface area (Å²) in [6, 6.07) is 8.04. The molecule has 0 unspecified atom stereocenters. The van der Waals surface area contributed by atoms with Gasteiger partial charge in [0.25, 0.3) is 0 Å². The molecule has 0 amide bonds. The number of thiazole rings is 1. The van der Waals surface area contributed by atoms with Crippen LogP contribution in [0.5, 0.6) is 11.6 Å². The van der Waals surface area contributed by atoms with Crippen molar-refractivity contribution in [1.29, 1.82) is 0 Å². The molecule has 2 heterocycles. The third-order valence-electron chi connectivity index (χ3n) is 3.25. The van der Waals surface area contributed by atoms with Gasteiger partial charge in [0.1, 0.15) is 11.4 Å². The van der Waals surface area contributed by atoms with Crippen LogP contribution in [0.15, 0.2) is 35.8 Å². The van der Waals surface area contributed by atoms with E-state index in [1.54, 1.807) is 11.3 Å². The van der Waals surface area contributed by atoms with Crippen LogP contribution in [0.4, 0.5) is 0 Å². The van der Waals surface area contributed by atoms with Gasteiger partial charge in [0.15, 0.2) is 4.96 Å². The van der Waals surface area contributed by atoms with Crippen molar-refractivity contribution in [2.24, 2.45) is 0 Å². The number of hydrogen-bond acceptors (Lipinski definition) is 4. The second-order valence-corrected chi connectivity index (χ2v) is 5.89. The quantitative estimate of drug-likeness (QED) is 0.699. The van der Waals surface area contributed by atoms with Crippen molar-refractivity contribution in [3.05, 3.63) is 47.1 Å². The van der Waals surface area contributed by atoms with Gasteiger partial charge in [-0.15, -0.1) is 11.3 Å². The van der Waals surface area contributed by atoms with Crippen LogP contribution in [0.3, 0.4) is 0 Å². The van der Waals surface area contributed by atoms with Gasteiger partial charge in [-0.25, -0.2) is 0 Å². The molecule has 3 aromatic rings. The van der Waals surface area contributed by atoms with Crippen molar-refractivity contribution in [2.45, 2.75) is 26.8 Å². The molecule has 0 saturated heterocycles. The first kappa shape index (κ1) is 14.1. The first-order valence-corrected chi connectivity index (χ1v) is 8.05. The van der Waals surface area contributed by atoms with Crippen LogP contribution in [0.25, 0.3) is 4.96 Å². The Labute approximate surface area is 128 Å². The SMILES string of the molecule is CCCNCc1c(Oc2cccc(C)c2)nc2sccn12. The Morgan fingerprint density at radius 2 is 2.29 bits per heavy atom. The van der Waals surface area contributed by atoms with Gasteiger partial charge in [-0.3, -0.25) is 4.40 Å². The number of fused-ring (bicyclic) bond motifs is 1. The normalized spacial score (nSPS) is 11.1. The van der Waals surface area contributed by atoms with Crippen molar-refractivity contribution in [3.63, 3.8) is 0 Å². The molecule has 0 aliphatic carbocycles. The maximum Gasteiger partial charge on any atom is 0.243 e. The zero-order valence-corrected chi connectivity index (χ0v) is 13.1. The lowest BCUT2D eigenvalue weighted by atomic mass is 10.2. The second kappa shape index (κ2) is 6.28. The molecule has 0 aliphatic heterocycles. The van der Waals surface area contributed by atoms with Crippen LogP contribution in [-0.4, -0.2) is 15.9 Å². The number of benzene rings is 1. The highest BCUT2D eigenvalue weighted by atomic mass is 32.1. The Bertz CT molecular complexity index is 732. The van der Waals surface area contributed by atoms with Gasteiger partial charge in [-0.1, -0.05) is 19.1 Å². The van der Waals surface area contributed by atoms with E-state index < -0.39 is 0 Å². The van der Waals surface area contributed by atoms with Crippen LogP contribution in [0.2, 0.25) is 0 Å². The molecule has 0 saturated carbocycles. The minimum absolute atomic E-state index is 0.691. The molecule has 3 rings (SSSR count). The molecular formula is C16H19N3OS. The van der Waals surface area contributed by atoms with E-state index in [0.717, 1.165) is 35.9 Å². The minimum atomic E-state index is 0.691. The zero-order chi connectivity index (χ0) is 14.7. The summed E-state index contributed by atoms with van der Waals surface area (Å²) in [6.45, 7) is 5.96. The predicted octanol–water partition coefficient (Wildman–Crippen LogP) is 4.00.